The lowest BCUT2D eigenvalue weighted by atomic mass is 9.80. The third-order valence-corrected chi connectivity index (χ3v) is 6.91. The van der Waals surface area contributed by atoms with Crippen molar-refractivity contribution in [2.24, 2.45) is 17.8 Å². The minimum Gasteiger partial charge on any atom is -0.490 e. The van der Waals surface area contributed by atoms with Gasteiger partial charge in [-0.25, -0.2) is 4.39 Å². The smallest absolute Gasteiger partial charge is 0.309 e. The summed E-state index contributed by atoms with van der Waals surface area (Å²) in [6.07, 6.45) is 4.92. The molecule has 5 heteroatoms. The van der Waals surface area contributed by atoms with Crippen molar-refractivity contribution >= 4 is 5.97 Å². The average Bonchev–Trinajstić information content (AvgIpc) is 2.72. The van der Waals surface area contributed by atoms with Crippen LogP contribution < -0.4 is 4.74 Å². The zero-order valence-corrected chi connectivity index (χ0v) is 18.4. The topological polar surface area (TPSA) is 49.8 Å². The van der Waals surface area contributed by atoms with Crippen LogP contribution in [0.2, 0.25) is 0 Å². The third kappa shape index (κ3) is 5.09. The second kappa shape index (κ2) is 9.39. The number of hydrogen-bond acceptors (Lipinski definition) is 3. The first-order valence-corrected chi connectivity index (χ1v) is 11.4. The molecule has 2 aromatic carbocycles. The van der Waals surface area contributed by atoms with Gasteiger partial charge in [0.25, 0.3) is 0 Å². The Morgan fingerprint density at radius 3 is 2.39 bits per heavy atom. The van der Waals surface area contributed by atoms with Crippen molar-refractivity contribution in [1.82, 2.24) is 4.90 Å². The van der Waals surface area contributed by atoms with Crippen LogP contribution in [0.5, 0.6) is 5.75 Å². The van der Waals surface area contributed by atoms with Crippen molar-refractivity contribution in [3.8, 4) is 16.9 Å². The van der Waals surface area contributed by atoms with Gasteiger partial charge in [-0.2, -0.15) is 0 Å². The first-order chi connectivity index (χ1) is 14.9. The van der Waals surface area contributed by atoms with E-state index in [4.69, 9.17) is 9.84 Å². The van der Waals surface area contributed by atoms with E-state index in [-0.39, 0.29) is 17.8 Å². The first kappa shape index (κ1) is 21.8. The Kier molecular flexibility index (Phi) is 6.61. The van der Waals surface area contributed by atoms with Crippen LogP contribution in [-0.2, 0) is 11.3 Å². The Bertz CT molecular complexity index is 897. The van der Waals surface area contributed by atoms with Crippen LogP contribution in [0.4, 0.5) is 4.39 Å². The van der Waals surface area contributed by atoms with Crippen LogP contribution in [0.1, 0.15) is 45.1 Å². The molecule has 0 radical (unpaired) electrons. The molecule has 31 heavy (non-hydrogen) atoms. The number of ether oxygens (including phenoxy) is 1. The van der Waals surface area contributed by atoms with Gasteiger partial charge in [0.15, 0.2) is 0 Å². The van der Waals surface area contributed by atoms with Crippen LogP contribution in [0.3, 0.4) is 0 Å². The Labute approximate surface area is 184 Å². The normalized spacial score (nSPS) is 22.3. The molecule has 4 rings (SSSR count). The van der Waals surface area contributed by atoms with Gasteiger partial charge in [-0.15, -0.1) is 0 Å². The fourth-order valence-corrected chi connectivity index (χ4v) is 4.80. The highest BCUT2D eigenvalue weighted by Gasteiger charge is 2.32. The Morgan fingerprint density at radius 2 is 1.77 bits per heavy atom. The van der Waals surface area contributed by atoms with E-state index in [0.717, 1.165) is 36.0 Å². The summed E-state index contributed by atoms with van der Waals surface area (Å²) in [4.78, 5) is 12.9. The molecule has 4 nitrogen and oxygen atoms in total. The molecular weight excluding hydrogens is 393 g/mol. The van der Waals surface area contributed by atoms with Crippen molar-refractivity contribution in [3.05, 3.63) is 53.8 Å². The van der Waals surface area contributed by atoms with E-state index in [1.54, 1.807) is 12.1 Å². The van der Waals surface area contributed by atoms with Crippen molar-refractivity contribution in [3.63, 3.8) is 0 Å². The highest BCUT2D eigenvalue weighted by Crippen LogP contribution is 2.33. The third-order valence-electron chi connectivity index (χ3n) is 6.91. The van der Waals surface area contributed by atoms with Gasteiger partial charge in [0.05, 0.1) is 12.0 Å². The lowest BCUT2D eigenvalue weighted by Crippen LogP contribution is -2.49. The van der Waals surface area contributed by atoms with Crippen molar-refractivity contribution < 1.29 is 19.0 Å². The predicted octanol–water partition coefficient (Wildman–Crippen LogP) is 5.60. The van der Waals surface area contributed by atoms with E-state index < -0.39 is 5.97 Å². The number of carboxylic acids is 1. The van der Waals surface area contributed by atoms with Gasteiger partial charge >= 0.3 is 5.97 Å². The van der Waals surface area contributed by atoms with Gasteiger partial charge in [0.1, 0.15) is 11.6 Å². The van der Waals surface area contributed by atoms with E-state index in [9.17, 15) is 4.79 Å². The highest BCUT2D eigenvalue weighted by atomic mass is 19.1. The monoisotopic (exact) mass is 425 g/mol. The molecule has 1 saturated heterocycles. The zero-order chi connectivity index (χ0) is 22.0. The SMILES string of the molecule is CC(C)[C@H]1CC[C@H](Oc2ccc(-c3cccc(CN4CC(C(=O)O)C4)c3F)cc2)CC1. The summed E-state index contributed by atoms with van der Waals surface area (Å²) >= 11 is 0. The van der Waals surface area contributed by atoms with Crippen molar-refractivity contribution in [2.45, 2.75) is 52.2 Å². The second-order valence-corrected chi connectivity index (χ2v) is 9.43. The van der Waals surface area contributed by atoms with E-state index in [1.807, 2.05) is 35.2 Å². The molecule has 0 amide bonds. The molecule has 0 aromatic heterocycles. The van der Waals surface area contributed by atoms with Gasteiger partial charge in [0, 0.05) is 30.8 Å². The lowest BCUT2D eigenvalue weighted by molar-refractivity contribution is -0.147. The summed E-state index contributed by atoms with van der Waals surface area (Å²) in [5.74, 6) is 1.05. The molecule has 1 heterocycles. The molecule has 166 valence electrons. The number of aliphatic carboxylic acids is 1. The number of benzene rings is 2. The van der Waals surface area contributed by atoms with Crippen LogP contribution in [0.15, 0.2) is 42.5 Å². The first-order valence-electron chi connectivity index (χ1n) is 11.4. The summed E-state index contributed by atoms with van der Waals surface area (Å²) in [6.45, 7) is 5.99. The number of likely N-dealkylation sites (tertiary alicyclic amines) is 1. The number of halogens is 1. The van der Waals surface area contributed by atoms with Crippen LogP contribution in [0, 0.1) is 23.6 Å². The summed E-state index contributed by atoms with van der Waals surface area (Å²) in [6, 6.07) is 13.1. The van der Waals surface area contributed by atoms with E-state index >= 15 is 4.39 Å². The molecular formula is C26H32FNO3. The quantitative estimate of drug-likeness (QED) is 0.627. The Balaban J connectivity index is 1.37. The molecule has 1 saturated carbocycles. The molecule has 1 aliphatic heterocycles. The molecule has 2 aliphatic rings. The molecule has 0 unspecified atom stereocenters. The Hall–Kier alpha value is -2.40. The molecule has 0 spiro atoms. The van der Waals surface area contributed by atoms with Crippen molar-refractivity contribution in [1.29, 1.82) is 0 Å². The minimum atomic E-state index is -0.777. The molecule has 1 aliphatic carbocycles. The second-order valence-electron chi connectivity index (χ2n) is 9.43. The number of nitrogens with zero attached hydrogens (tertiary/aromatic N) is 1. The zero-order valence-electron chi connectivity index (χ0n) is 18.4. The molecule has 0 bridgehead atoms. The minimum absolute atomic E-state index is 0.234. The molecule has 1 N–H and O–H groups in total. The van der Waals surface area contributed by atoms with Crippen LogP contribution in [0.25, 0.3) is 11.1 Å². The van der Waals surface area contributed by atoms with Gasteiger partial charge < -0.3 is 9.84 Å². The van der Waals surface area contributed by atoms with Gasteiger partial charge in [0.2, 0.25) is 0 Å². The van der Waals surface area contributed by atoms with E-state index in [0.29, 0.717) is 30.8 Å². The summed E-state index contributed by atoms with van der Waals surface area (Å²) in [5.41, 5.74) is 1.99. The van der Waals surface area contributed by atoms with Gasteiger partial charge in [-0.3, -0.25) is 9.69 Å². The van der Waals surface area contributed by atoms with Gasteiger partial charge in [-0.05, 0) is 55.2 Å². The Morgan fingerprint density at radius 1 is 1.10 bits per heavy atom. The highest BCUT2D eigenvalue weighted by molar-refractivity contribution is 5.71. The summed E-state index contributed by atoms with van der Waals surface area (Å²) < 4.78 is 21.3. The maximum Gasteiger partial charge on any atom is 0.309 e. The number of carboxylic acid groups (broad SMARTS) is 1. The molecule has 2 aromatic rings. The van der Waals surface area contributed by atoms with E-state index in [2.05, 4.69) is 13.8 Å². The summed E-state index contributed by atoms with van der Waals surface area (Å²) in [5, 5.41) is 9.01. The maximum absolute atomic E-state index is 15.1. The predicted molar refractivity (Wildman–Crippen MR) is 119 cm³/mol. The lowest BCUT2D eigenvalue weighted by Gasteiger charge is -2.36. The average molecular weight is 426 g/mol. The fourth-order valence-electron chi connectivity index (χ4n) is 4.80. The number of carbonyl (C=O) groups is 1. The van der Waals surface area contributed by atoms with E-state index in [1.165, 1.54) is 12.8 Å². The standard InChI is InChI=1S/C26H32FNO3/c1-17(2)18-6-10-22(11-7-18)31-23-12-8-19(9-13-23)24-5-3-4-20(25(24)27)14-28-15-21(16-28)26(29)30/h3-5,8-9,12-13,17-18,21-22H,6-7,10-11,14-16H2,1-2H3,(H,29,30)/t18-,22-. The van der Waals surface area contributed by atoms with Crippen LogP contribution >= 0.6 is 0 Å². The fraction of sp³-hybridized carbons (Fsp3) is 0.500. The number of rotatable bonds is 7. The van der Waals surface area contributed by atoms with Gasteiger partial charge in [-0.1, -0.05) is 44.2 Å². The summed E-state index contributed by atoms with van der Waals surface area (Å²) in [7, 11) is 0. The number of hydrogen-bond donors (Lipinski definition) is 1. The largest absolute Gasteiger partial charge is 0.490 e. The molecule has 2 fully saturated rings. The van der Waals surface area contributed by atoms with Crippen molar-refractivity contribution in [2.75, 3.05) is 13.1 Å². The maximum atomic E-state index is 15.1. The van der Waals surface area contributed by atoms with Crippen LogP contribution in [-0.4, -0.2) is 35.2 Å². The molecule has 0 atom stereocenters.